The molecule has 5 nitrogen and oxygen atoms in total. The molecule has 0 aromatic heterocycles. The molecule has 2 N–H and O–H groups in total. The van der Waals surface area contributed by atoms with Crippen LogP contribution in [0, 0.1) is 20.8 Å². The molecule has 2 heterocycles. The van der Waals surface area contributed by atoms with Gasteiger partial charge in [-0.2, -0.15) is 0 Å². The van der Waals surface area contributed by atoms with Crippen LogP contribution in [0.1, 0.15) is 52.7 Å². The molecule has 2 bridgehead atoms. The lowest BCUT2D eigenvalue weighted by molar-refractivity contribution is -0.934. The molecule has 0 radical (unpaired) electrons. The zero-order valence-corrected chi connectivity index (χ0v) is 19.2. The number of hydrogen-bond donors (Lipinski definition) is 2. The zero-order valence-electron chi connectivity index (χ0n) is 18.4. The second kappa shape index (κ2) is 9.84. The summed E-state index contributed by atoms with van der Waals surface area (Å²) in [5, 5.41) is 3.14. The zero-order chi connectivity index (χ0) is 21.3. The van der Waals surface area contributed by atoms with Gasteiger partial charge in [-0.3, -0.25) is 4.79 Å². The molecule has 6 heteroatoms. The van der Waals surface area contributed by atoms with Gasteiger partial charge < -0.3 is 27.4 Å². The number of halogens is 1. The van der Waals surface area contributed by atoms with E-state index in [-0.39, 0.29) is 30.4 Å². The number of benzene rings is 2. The predicted molar refractivity (Wildman–Crippen MR) is 117 cm³/mol. The van der Waals surface area contributed by atoms with E-state index in [9.17, 15) is 9.59 Å². The molecule has 166 valence electrons. The van der Waals surface area contributed by atoms with E-state index >= 15 is 0 Å². The molecule has 2 aliphatic heterocycles. The summed E-state index contributed by atoms with van der Waals surface area (Å²) in [6.07, 6.45) is 3.80. The van der Waals surface area contributed by atoms with Crippen LogP contribution in [-0.4, -0.2) is 36.6 Å². The monoisotopic (exact) mass is 442 g/mol. The number of fused-ring (bicyclic) bond motifs is 2. The highest BCUT2D eigenvalue weighted by molar-refractivity contribution is 5.93. The van der Waals surface area contributed by atoms with Crippen molar-refractivity contribution in [1.82, 2.24) is 0 Å². The molecule has 2 unspecified atom stereocenters. The van der Waals surface area contributed by atoms with Crippen molar-refractivity contribution in [2.75, 3.05) is 11.9 Å². The van der Waals surface area contributed by atoms with Crippen molar-refractivity contribution in [3.8, 4) is 0 Å². The van der Waals surface area contributed by atoms with Crippen LogP contribution in [-0.2, 0) is 9.53 Å². The number of nitrogens with one attached hydrogen (secondary N) is 2. The average molecular weight is 443 g/mol. The van der Waals surface area contributed by atoms with Crippen LogP contribution in [0.5, 0.6) is 0 Å². The topological polar surface area (TPSA) is 59.8 Å². The van der Waals surface area contributed by atoms with E-state index < -0.39 is 0 Å². The number of quaternary nitrogens is 1. The van der Waals surface area contributed by atoms with E-state index in [0.717, 1.165) is 42.5 Å². The van der Waals surface area contributed by atoms with E-state index in [4.69, 9.17) is 4.74 Å². The van der Waals surface area contributed by atoms with Crippen molar-refractivity contribution in [1.29, 1.82) is 0 Å². The maximum Gasteiger partial charge on any atom is 0.338 e. The Hall–Kier alpha value is -2.37. The summed E-state index contributed by atoms with van der Waals surface area (Å²) < 4.78 is 5.80. The number of esters is 1. The Morgan fingerprint density at radius 2 is 1.58 bits per heavy atom. The van der Waals surface area contributed by atoms with Crippen LogP contribution in [0.4, 0.5) is 5.69 Å². The van der Waals surface area contributed by atoms with Crippen LogP contribution < -0.4 is 22.6 Å². The number of piperidine rings is 1. The number of amides is 1. The number of hydrogen-bond acceptors (Lipinski definition) is 3. The summed E-state index contributed by atoms with van der Waals surface area (Å²) in [6.45, 7) is 6.63. The summed E-state index contributed by atoms with van der Waals surface area (Å²) in [5.74, 6) is -0.178. The van der Waals surface area contributed by atoms with Crippen molar-refractivity contribution >= 4 is 17.6 Å². The number of anilines is 1. The summed E-state index contributed by atoms with van der Waals surface area (Å²) >= 11 is 0. The molecule has 2 aromatic carbocycles. The summed E-state index contributed by atoms with van der Waals surface area (Å²) in [4.78, 5) is 26.6. The van der Waals surface area contributed by atoms with Gasteiger partial charge >= 0.3 is 5.97 Å². The first kappa shape index (κ1) is 23.3. The molecule has 0 aliphatic carbocycles. The SMILES string of the molecule is Cc1cc(C)c(NC(=O)C[NH+]2C3CCC2CC(OC(=O)c2ccccc2)C3)c(C)c1.[Cl-]. The number of rotatable bonds is 5. The standard InChI is InChI=1S/C25H30N2O3.ClH/c1-16-11-17(2)24(18(3)12-16)26-23(28)15-27-20-9-10-21(27)14-22(13-20)30-25(29)19-7-5-4-6-8-19;/h4-8,11-12,20-22H,9-10,13-15H2,1-3H3,(H,26,28);1H. The van der Waals surface area contributed by atoms with Crippen LogP contribution in [0.2, 0.25) is 0 Å². The molecule has 2 aliphatic rings. The normalized spacial score (nSPS) is 24.2. The Morgan fingerprint density at radius 1 is 1.00 bits per heavy atom. The minimum Gasteiger partial charge on any atom is -1.00 e. The van der Waals surface area contributed by atoms with E-state index in [0.29, 0.717) is 24.2 Å². The molecule has 1 amide bonds. The van der Waals surface area contributed by atoms with Crippen LogP contribution >= 0.6 is 0 Å². The smallest absolute Gasteiger partial charge is 0.338 e. The fourth-order valence-corrected chi connectivity index (χ4v) is 5.30. The van der Waals surface area contributed by atoms with Crippen molar-refractivity contribution in [2.45, 2.75) is 64.6 Å². The van der Waals surface area contributed by atoms with Crippen molar-refractivity contribution < 1.29 is 31.6 Å². The van der Waals surface area contributed by atoms with E-state index in [1.165, 1.54) is 10.5 Å². The number of aryl methyl sites for hydroxylation is 3. The second-order valence-corrected chi connectivity index (χ2v) is 8.91. The predicted octanol–water partition coefficient (Wildman–Crippen LogP) is -0.0103. The highest BCUT2D eigenvalue weighted by Crippen LogP contribution is 2.26. The Balaban J connectivity index is 0.00000272. The lowest BCUT2D eigenvalue weighted by Gasteiger charge is -2.35. The molecule has 31 heavy (non-hydrogen) atoms. The maximum atomic E-state index is 12.8. The van der Waals surface area contributed by atoms with Crippen molar-refractivity contribution in [2.24, 2.45) is 0 Å². The van der Waals surface area contributed by atoms with Gasteiger partial charge in [-0.1, -0.05) is 35.9 Å². The highest BCUT2D eigenvalue weighted by Gasteiger charge is 2.46. The molecular formula is C25H31ClN2O3. The fraction of sp³-hybridized carbons (Fsp3) is 0.440. The van der Waals surface area contributed by atoms with Crippen LogP contribution in [0.15, 0.2) is 42.5 Å². The molecule has 0 spiro atoms. The molecule has 2 saturated heterocycles. The first-order valence-electron chi connectivity index (χ1n) is 10.9. The van der Waals surface area contributed by atoms with Crippen LogP contribution in [0.3, 0.4) is 0 Å². The summed E-state index contributed by atoms with van der Waals surface area (Å²) in [7, 11) is 0. The largest absolute Gasteiger partial charge is 1.00 e. The minimum absolute atomic E-state index is 0. The Kier molecular flexibility index (Phi) is 7.39. The minimum atomic E-state index is -0.244. The van der Waals surface area contributed by atoms with E-state index in [1.54, 1.807) is 12.1 Å². The second-order valence-electron chi connectivity index (χ2n) is 8.91. The third-order valence-corrected chi connectivity index (χ3v) is 6.60. The first-order chi connectivity index (χ1) is 14.4. The van der Waals surface area contributed by atoms with Crippen molar-refractivity contribution in [3.05, 3.63) is 64.7 Å². The molecule has 2 aromatic rings. The van der Waals surface area contributed by atoms with E-state index in [1.807, 2.05) is 32.0 Å². The quantitative estimate of drug-likeness (QED) is 0.640. The Bertz CT molecular complexity index is 910. The third kappa shape index (κ3) is 5.28. The third-order valence-electron chi connectivity index (χ3n) is 6.60. The number of ether oxygens (including phenoxy) is 1. The average Bonchev–Trinajstić information content (AvgIpc) is 2.93. The lowest BCUT2D eigenvalue weighted by atomic mass is 9.99. The van der Waals surface area contributed by atoms with E-state index in [2.05, 4.69) is 24.4 Å². The van der Waals surface area contributed by atoms with Gasteiger partial charge in [-0.05, 0) is 44.0 Å². The number of carbonyl (C=O) groups excluding carboxylic acids is 2. The maximum absolute atomic E-state index is 12.8. The van der Waals surface area contributed by atoms with Gasteiger partial charge in [0.05, 0.1) is 17.6 Å². The first-order valence-corrected chi connectivity index (χ1v) is 10.9. The van der Waals surface area contributed by atoms with Gasteiger partial charge in [0.25, 0.3) is 5.91 Å². The van der Waals surface area contributed by atoms with Crippen LogP contribution in [0.25, 0.3) is 0 Å². The van der Waals surface area contributed by atoms with Gasteiger partial charge in [0.2, 0.25) is 0 Å². The molecule has 2 atom stereocenters. The van der Waals surface area contributed by atoms with Gasteiger partial charge in [0.15, 0.2) is 6.54 Å². The van der Waals surface area contributed by atoms with Gasteiger partial charge in [-0.15, -0.1) is 0 Å². The Morgan fingerprint density at radius 3 is 2.16 bits per heavy atom. The highest BCUT2D eigenvalue weighted by atomic mass is 35.5. The molecule has 2 fully saturated rings. The van der Waals surface area contributed by atoms with Gasteiger partial charge in [-0.25, -0.2) is 4.79 Å². The summed E-state index contributed by atoms with van der Waals surface area (Å²) in [5.41, 5.74) is 4.95. The Labute approximate surface area is 190 Å². The van der Waals surface area contributed by atoms with Gasteiger partial charge in [0.1, 0.15) is 6.10 Å². The molecule has 4 rings (SSSR count). The lowest BCUT2D eigenvalue weighted by Crippen LogP contribution is -3.19. The fourth-order valence-electron chi connectivity index (χ4n) is 5.30. The number of carbonyl (C=O) groups is 2. The van der Waals surface area contributed by atoms with Crippen molar-refractivity contribution in [3.63, 3.8) is 0 Å². The molecule has 0 saturated carbocycles. The van der Waals surface area contributed by atoms with Gasteiger partial charge in [0, 0.05) is 31.4 Å². The summed E-state index contributed by atoms with van der Waals surface area (Å²) in [6, 6.07) is 14.1. The molecular weight excluding hydrogens is 412 g/mol.